The van der Waals surface area contributed by atoms with Crippen molar-refractivity contribution in [3.05, 3.63) is 45.9 Å². The Labute approximate surface area is 145 Å². The number of nitrogens with one attached hydrogen (secondary N) is 3. The Kier molecular flexibility index (Phi) is 6.31. The monoisotopic (exact) mass is 346 g/mol. The van der Waals surface area contributed by atoms with Gasteiger partial charge in [0.1, 0.15) is 0 Å². The lowest BCUT2D eigenvalue weighted by atomic mass is 10.1. The zero-order valence-corrected chi connectivity index (χ0v) is 14.9. The Bertz CT molecular complexity index is 697. The van der Waals surface area contributed by atoms with E-state index in [1.165, 1.54) is 11.3 Å². The molecule has 7 heteroatoms. The Morgan fingerprint density at radius 3 is 2.54 bits per heavy atom. The van der Waals surface area contributed by atoms with E-state index in [1.54, 1.807) is 5.51 Å². The summed E-state index contributed by atoms with van der Waals surface area (Å²) in [6, 6.07) is 7.09. The molecule has 0 spiro atoms. The molecule has 6 nitrogen and oxygen atoms in total. The maximum absolute atomic E-state index is 12.0. The van der Waals surface area contributed by atoms with Crippen LogP contribution < -0.4 is 16.0 Å². The molecule has 1 heterocycles. The number of hydrogen-bond acceptors (Lipinski definition) is 4. The maximum Gasteiger partial charge on any atom is 0.315 e. The number of carbonyl (C=O) groups is 2. The predicted molar refractivity (Wildman–Crippen MR) is 96.0 cm³/mol. The summed E-state index contributed by atoms with van der Waals surface area (Å²) in [6.45, 7) is 6.11. The van der Waals surface area contributed by atoms with Crippen LogP contribution in [0.25, 0.3) is 0 Å². The minimum atomic E-state index is -0.223. The van der Waals surface area contributed by atoms with Crippen LogP contribution in [0.3, 0.4) is 0 Å². The minimum Gasteiger partial charge on any atom is -0.333 e. The third-order valence-electron chi connectivity index (χ3n) is 3.62. The summed E-state index contributed by atoms with van der Waals surface area (Å²) in [6.07, 6.45) is 0.444. The van der Waals surface area contributed by atoms with Crippen LogP contribution in [0.2, 0.25) is 0 Å². The normalized spacial score (nSPS) is 11.6. The molecule has 1 aromatic heterocycles. The van der Waals surface area contributed by atoms with Crippen molar-refractivity contribution in [2.45, 2.75) is 39.8 Å². The Morgan fingerprint density at radius 2 is 1.96 bits per heavy atom. The van der Waals surface area contributed by atoms with Crippen molar-refractivity contribution in [3.63, 3.8) is 0 Å². The molecule has 0 aliphatic heterocycles. The molecule has 0 fully saturated rings. The lowest BCUT2D eigenvalue weighted by Gasteiger charge is -2.15. The van der Waals surface area contributed by atoms with Crippen LogP contribution in [-0.4, -0.2) is 16.9 Å². The fourth-order valence-electron chi connectivity index (χ4n) is 2.09. The van der Waals surface area contributed by atoms with Gasteiger partial charge in [-0.15, -0.1) is 11.3 Å². The molecule has 0 saturated carbocycles. The van der Waals surface area contributed by atoms with Gasteiger partial charge in [0.25, 0.3) is 0 Å². The van der Waals surface area contributed by atoms with E-state index in [4.69, 9.17) is 0 Å². The van der Waals surface area contributed by atoms with Crippen molar-refractivity contribution < 1.29 is 9.59 Å². The molecule has 0 unspecified atom stereocenters. The SMILES string of the molecule is CCC(=O)Nc1ccc([C@H](C)NC(=O)NCc2scnc2C)cc1. The molecule has 3 N–H and O–H groups in total. The highest BCUT2D eigenvalue weighted by atomic mass is 32.1. The number of rotatable bonds is 6. The van der Waals surface area contributed by atoms with Gasteiger partial charge < -0.3 is 16.0 Å². The summed E-state index contributed by atoms with van der Waals surface area (Å²) in [4.78, 5) is 28.6. The first-order chi connectivity index (χ1) is 11.5. The molecule has 0 saturated heterocycles. The van der Waals surface area contributed by atoms with Crippen LogP contribution in [-0.2, 0) is 11.3 Å². The fraction of sp³-hybridized carbons (Fsp3) is 0.353. The van der Waals surface area contributed by atoms with Crippen molar-refractivity contribution in [1.29, 1.82) is 0 Å². The van der Waals surface area contributed by atoms with Crippen LogP contribution in [0.4, 0.5) is 10.5 Å². The highest BCUT2D eigenvalue weighted by Gasteiger charge is 2.10. The summed E-state index contributed by atoms with van der Waals surface area (Å²) in [5.74, 6) is -0.0216. The second kappa shape index (κ2) is 8.44. The van der Waals surface area contributed by atoms with Gasteiger partial charge in [-0.25, -0.2) is 9.78 Å². The van der Waals surface area contributed by atoms with Crippen molar-refractivity contribution in [2.24, 2.45) is 0 Å². The van der Waals surface area contributed by atoms with E-state index in [1.807, 2.05) is 45.0 Å². The number of amides is 3. The topological polar surface area (TPSA) is 83.1 Å². The highest BCUT2D eigenvalue weighted by Crippen LogP contribution is 2.16. The van der Waals surface area contributed by atoms with Crippen LogP contribution >= 0.6 is 11.3 Å². The molecule has 0 radical (unpaired) electrons. The predicted octanol–water partition coefficient (Wildman–Crippen LogP) is 3.36. The first kappa shape index (κ1) is 17.9. The Balaban J connectivity index is 1.84. The molecule has 1 atom stereocenters. The van der Waals surface area contributed by atoms with Gasteiger partial charge in [-0.3, -0.25) is 4.79 Å². The lowest BCUT2D eigenvalue weighted by Crippen LogP contribution is -2.36. The van der Waals surface area contributed by atoms with Gasteiger partial charge in [0.15, 0.2) is 0 Å². The van der Waals surface area contributed by atoms with Crippen LogP contribution in [0.15, 0.2) is 29.8 Å². The standard InChI is InChI=1S/C17H22N4O2S/c1-4-16(22)21-14-7-5-13(6-8-14)11(2)20-17(23)18-9-15-12(3)19-10-24-15/h5-8,10-11H,4,9H2,1-3H3,(H,21,22)(H2,18,20,23)/t11-/m0/s1. The summed E-state index contributed by atoms with van der Waals surface area (Å²) in [5.41, 5.74) is 4.43. The number of carbonyl (C=O) groups excluding carboxylic acids is 2. The molecular weight excluding hydrogens is 324 g/mol. The van der Waals surface area contributed by atoms with Crippen molar-refractivity contribution in [1.82, 2.24) is 15.6 Å². The van der Waals surface area contributed by atoms with E-state index in [0.29, 0.717) is 13.0 Å². The summed E-state index contributed by atoms with van der Waals surface area (Å²) in [5, 5.41) is 8.53. The first-order valence-electron chi connectivity index (χ1n) is 7.82. The molecule has 2 rings (SSSR count). The number of nitrogens with zero attached hydrogens (tertiary/aromatic N) is 1. The van der Waals surface area contributed by atoms with Gasteiger partial charge in [0, 0.05) is 17.0 Å². The third-order valence-corrected chi connectivity index (χ3v) is 4.55. The number of urea groups is 1. The van der Waals surface area contributed by atoms with Gasteiger partial charge in [-0.2, -0.15) is 0 Å². The first-order valence-corrected chi connectivity index (χ1v) is 8.70. The molecule has 0 bridgehead atoms. The maximum atomic E-state index is 12.0. The molecule has 0 aliphatic rings. The number of thiazole rings is 1. The minimum absolute atomic E-state index is 0.0216. The summed E-state index contributed by atoms with van der Waals surface area (Å²) >= 11 is 1.53. The molecule has 24 heavy (non-hydrogen) atoms. The molecular formula is C17H22N4O2S. The van der Waals surface area contributed by atoms with E-state index in [2.05, 4.69) is 20.9 Å². The number of aryl methyl sites for hydroxylation is 1. The van der Waals surface area contributed by atoms with Crippen molar-refractivity contribution in [2.75, 3.05) is 5.32 Å². The molecule has 3 amide bonds. The van der Waals surface area contributed by atoms with Gasteiger partial charge in [-0.1, -0.05) is 19.1 Å². The third kappa shape index (κ3) is 5.06. The smallest absolute Gasteiger partial charge is 0.315 e. The lowest BCUT2D eigenvalue weighted by molar-refractivity contribution is -0.115. The second-order valence-electron chi connectivity index (χ2n) is 5.43. The fourth-order valence-corrected chi connectivity index (χ4v) is 2.81. The van der Waals surface area contributed by atoms with E-state index >= 15 is 0 Å². The average molecular weight is 346 g/mol. The number of benzene rings is 1. The van der Waals surface area contributed by atoms with Gasteiger partial charge in [-0.05, 0) is 31.5 Å². The summed E-state index contributed by atoms with van der Waals surface area (Å²) in [7, 11) is 0. The van der Waals surface area contributed by atoms with Gasteiger partial charge >= 0.3 is 6.03 Å². The Hall–Kier alpha value is -2.41. The van der Waals surface area contributed by atoms with E-state index in [-0.39, 0.29) is 18.0 Å². The number of anilines is 1. The van der Waals surface area contributed by atoms with E-state index < -0.39 is 0 Å². The molecule has 1 aromatic carbocycles. The molecule has 2 aromatic rings. The van der Waals surface area contributed by atoms with Crippen LogP contribution in [0.5, 0.6) is 0 Å². The van der Waals surface area contributed by atoms with Crippen LogP contribution in [0.1, 0.15) is 42.4 Å². The molecule has 0 aliphatic carbocycles. The number of aromatic nitrogens is 1. The quantitative estimate of drug-likeness (QED) is 0.750. The Morgan fingerprint density at radius 1 is 1.25 bits per heavy atom. The molecule has 128 valence electrons. The average Bonchev–Trinajstić information content (AvgIpc) is 2.98. The van der Waals surface area contributed by atoms with Gasteiger partial charge in [0.2, 0.25) is 5.91 Å². The van der Waals surface area contributed by atoms with Crippen molar-refractivity contribution in [3.8, 4) is 0 Å². The summed E-state index contributed by atoms with van der Waals surface area (Å²) < 4.78 is 0. The number of hydrogen-bond donors (Lipinski definition) is 3. The highest BCUT2D eigenvalue weighted by molar-refractivity contribution is 7.09. The largest absolute Gasteiger partial charge is 0.333 e. The van der Waals surface area contributed by atoms with Gasteiger partial charge in [0.05, 0.1) is 23.8 Å². The zero-order valence-electron chi connectivity index (χ0n) is 14.1. The second-order valence-corrected chi connectivity index (χ2v) is 6.37. The van der Waals surface area contributed by atoms with Crippen LogP contribution in [0, 0.1) is 6.92 Å². The van der Waals surface area contributed by atoms with E-state index in [9.17, 15) is 9.59 Å². The van der Waals surface area contributed by atoms with E-state index in [0.717, 1.165) is 21.8 Å². The zero-order chi connectivity index (χ0) is 17.5. The van der Waals surface area contributed by atoms with Crippen molar-refractivity contribution >= 4 is 29.0 Å².